The number of anilines is 1. The molecule has 1 aromatic carbocycles. The van der Waals surface area contributed by atoms with Crippen LogP contribution in [0.3, 0.4) is 0 Å². The number of fused-ring (bicyclic) bond motifs is 1. The number of hydrogen-bond acceptors (Lipinski definition) is 2. The van der Waals surface area contributed by atoms with Crippen LogP contribution in [0.25, 0.3) is 0 Å². The fourth-order valence-electron chi connectivity index (χ4n) is 1.86. The molecule has 2 rings (SSSR count). The molecular weight excluding hydrogens is 230 g/mol. The first-order valence-corrected chi connectivity index (χ1v) is 5.21. The molecule has 0 saturated heterocycles. The number of carbonyl (C=O) groups excluding carboxylic acids is 1. The number of nitrogens with zero attached hydrogens (tertiary/aromatic N) is 1. The molecule has 1 aromatic rings. The Morgan fingerprint density at radius 1 is 1.44 bits per heavy atom. The molecule has 0 spiro atoms. The molecule has 0 saturated carbocycles. The summed E-state index contributed by atoms with van der Waals surface area (Å²) in [7, 11) is 1.66. The highest BCUT2D eigenvalue weighted by atomic mass is 35.5. The van der Waals surface area contributed by atoms with Crippen molar-refractivity contribution in [2.24, 2.45) is 0 Å². The Hall–Kier alpha value is -1.55. The number of rotatable bonds is 1. The van der Waals surface area contributed by atoms with E-state index in [1.165, 1.54) is 11.0 Å². The number of carboxylic acid groups (broad SMARTS) is 1. The van der Waals surface area contributed by atoms with Gasteiger partial charge in [0, 0.05) is 19.2 Å². The highest BCUT2D eigenvalue weighted by Gasteiger charge is 2.25. The zero-order chi connectivity index (χ0) is 11.9. The minimum absolute atomic E-state index is 0.0200. The molecule has 1 aliphatic heterocycles. The van der Waals surface area contributed by atoms with E-state index < -0.39 is 5.97 Å². The van der Waals surface area contributed by atoms with Crippen LogP contribution >= 0.6 is 11.6 Å². The number of amides is 1. The van der Waals surface area contributed by atoms with E-state index in [1.807, 2.05) is 0 Å². The van der Waals surface area contributed by atoms with Crippen molar-refractivity contribution >= 4 is 29.2 Å². The summed E-state index contributed by atoms with van der Waals surface area (Å²) >= 11 is 6.02. The van der Waals surface area contributed by atoms with Gasteiger partial charge in [0.1, 0.15) is 0 Å². The summed E-state index contributed by atoms with van der Waals surface area (Å²) in [6.07, 6.45) is 0.866. The second-order valence-electron chi connectivity index (χ2n) is 3.68. The number of aromatic carboxylic acids is 1. The van der Waals surface area contributed by atoms with Gasteiger partial charge in [-0.3, -0.25) is 4.79 Å². The number of halogens is 1. The van der Waals surface area contributed by atoms with Crippen LogP contribution in [-0.4, -0.2) is 24.0 Å². The molecule has 0 bridgehead atoms. The first-order valence-electron chi connectivity index (χ1n) is 4.83. The third-order valence-electron chi connectivity index (χ3n) is 2.77. The summed E-state index contributed by atoms with van der Waals surface area (Å²) < 4.78 is 0. The van der Waals surface area contributed by atoms with Gasteiger partial charge in [0.25, 0.3) is 0 Å². The SMILES string of the molecule is CN1C(=O)CCc2c1ccc(C(=O)O)c2Cl. The van der Waals surface area contributed by atoms with Gasteiger partial charge in [0.15, 0.2) is 0 Å². The average Bonchev–Trinajstić information content (AvgIpc) is 2.23. The minimum atomic E-state index is -1.05. The standard InChI is InChI=1S/C11H10ClNO3/c1-13-8-4-2-7(11(15)16)10(12)6(8)3-5-9(13)14/h2,4H,3,5H2,1H3,(H,15,16). The number of hydrogen-bond donors (Lipinski definition) is 1. The number of carboxylic acids is 1. The lowest BCUT2D eigenvalue weighted by Crippen LogP contribution is -2.31. The Bertz CT molecular complexity index is 484. The molecule has 0 unspecified atom stereocenters. The van der Waals surface area contributed by atoms with Crippen molar-refractivity contribution in [2.75, 3.05) is 11.9 Å². The largest absolute Gasteiger partial charge is 0.478 e. The van der Waals surface area contributed by atoms with Crippen molar-refractivity contribution in [3.8, 4) is 0 Å². The molecule has 0 atom stereocenters. The smallest absolute Gasteiger partial charge is 0.337 e. The summed E-state index contributed by atoms with van der Waals surface area (Å²) in [6, 6.07) is 3.06. The molecule has 1 N–H and O–H groups in total. The Balaban J connectivity index is 2.59. The summed E-state index contributed by atoms with van der Waals surface area (Å²) in [5.74, 6) is -1.03. The van der Waals surface area contributed by atoms with Crippen LogP contribution in [0.1, 0.15) is 22.3 Å². The Morgan fingerprint density at radius 2 is 2.12 bits per heavy atom. The minimum Gasteiger partial charge on any atom is -0.478 e. The second kappa shape index (κ2) is 3.79. The van der Waals surface area contributed by atoms with E-state index in [0.29, 0.717) is 18.5 Å². The predicted molar refractivity (Wildman–Crippen MR) is 60.1 cm³/mol. The van der Waals surface area contributed by atoms with Gasteiger partial charge in [-0.15, -0.1) is 0 Å². The highest BCUT2D eigenvalue weighted by molar-refractivity contribution is 6.35. The zero-order valence-electron chi connectivity index (χ0n) is 8.66. The van der Waals surface area contributed by atoms with E-state index in [2.05, 4.69) is 0 Å². The van der Waals surface area contributed by atoms with Gasteiger partial charge < -0.3 is 10.0 Å². The molecule has 0 fully saturated rings. The summed E-state index contributed by atoms with van der Waals surface area (Å²) in [6.45, 7) is 0. The quantitative estimate of drug-likeness (QED) is 0.815. The summed E-state index contributed by atoms with van der Waals surface area (Å²) in [4.78, 5) is 23.9. The molecule has 4 nitrogen and oxygen atoms in total. The van der Waals surface area contributed by atoms with Crippen LogP contribution in [0.15, 0.2) is 12.1 Å². The Kier molecular flexibility index (Phi) is 2.59. The van der Waals surface area contributed by atoms with Crippen LogP contribution in [0.4, 0.5) is 5.69 Å². The maximum absolute atomic E-state index is 11.5. The first kappa shape index (κ1) is 11.0. The van der Waals surface area contributed by atoms with Crippen molar-refractivity contribution < 1.29 is 14.7 Å². The molecular formula is C11H10ClNO3. The molecule has 84 valence electrons. The van der Waals surface area contributed by atoms with Gasteiger partial charge in [-0.1, -0.05) is 11.6 Å². The molecule has 1 amide bonds. The molecule has 16 heavy (non-hydrogen) atoms. The van der Waals surface area contributed by atoms with Gasteiger partial charge in [-0.05, 0) is 24.1 Å². The van der Waals surface area contributed by atoms with Gasteiger partial charge >= 0.3 is 5.97 Å². The van der Waals surface area contributed by atoms with Gasteiger partial charge in [0.2, 0.25) is 5.91 Å². The molecule has 5 heteroatoms. The van der Waals surface area contributed by atoms with Crippen LogP contribution in [0.5, 0.6) is 0 Å². The molecule has 0 radical (unpaired) electrons. The third kappa shape index (κ3) is 1.55. The summed E-state index contributed by atoms with van der Waals surface area (Å²) in [5, 5.41) is 9.16. The van der Waals surface area contributed by atoms with Crippen molar-refractivity contribution in [3.63, 3.8) is 0 Å². The predicted octanol–water partition coefficient (Wildman–Crippen LogP) is 1.95. The van der Waals surface area contributed by atoms with Crippen LogP contribution in [-0.2, 0) is 11.2 Å². The molecule has 0 aromatic heterocycles. The van der Waals surface area contributed by atoms with Crippen molar-refractivity contribution in [3.05, 3.63) is 28.3 Å². The van der Waals surface area contributed by atoms with Gasteiger partial charge in [-0.2, -0.15) is 0 Å². The maximum Gasteiger partial charge on any atom is 0.337 e. The van der Waals surface area contributed by atoms with Crippen LogP contribution in [0, 0.1) is 0 Å². The van der Waals surface area contributed by atoms with E-state index in [-0.39, 0.29) is 16.5 Å². The maximum atomic E-state index is 11.5. The lowest BCUT2D eigenvalue weighted by Gasteiger charge is -2.26. The van der Waals surface area contributed by atoms with Crippen molar-refractivity contribution in [1.82, 2.24) is 0 Å². The zero-order valence-corrected chi connectivity index (χ0v) is 9.41. The van der Waals surface area contributed by atoms with Crippen LogP contribution in [0.2, 0.25) is 5.02 Å². The fourth-order valence-corrected chi connectivity index (χ4v) is 2.20. The van der Waals surface area contributed by atoms with E-state index in [1.54, 1.807) is 13.1 Å². The van der Waals surface area contributed by atoms with Crippen LogP contribution < -0.4 is 4.90 Å². The molecule has 0 aliphatic carbocycles. The monoisotopic (exact) mass is 239 g/mol. The van der Waals surface area contributed by atoms with Crippen molar-refractivity contribution in [2.45, 2.75) is 12.8 Å². The van der Waals surface area contributed by atoms with Gasteiger partial charge in [0.05, 0.1) is 10.6 Å². The normalized spacial score (nSPS) is 14.9. The van der Waals surface area contributed by atoms with Crippen molar-refractivity contribution in [1.29, 1.82) is 0 Å². The molecule has 1 aliphatic rings. The van der Waals surface area contributed by atoms with E-state index in [9.17, 15) is 9.59 Å². The Morgan fingerprint density at radius 3 is 2.75 bits per heavy atom. The topological polar surface area (TPSA) is 57.6 Å². The number of benzene rings is 1. The summed E-state index contributed by atoms with van der Waals surface area (Å²) in [5.41, 5.74) is 1.53. The average molecular weight is 240 g/mol. The Labute approximate surface area is 97.4 Å². The highest BCUT2D eigenvalue weighted by Crippen LogP contribution is 2.34. The lowest BCUT2D eigenvalue weighted by atomic mass is 9.99. The van der Waals surface area contributed by atoms with E-state index >= 15 is 0 Å². The third-order valence-corrected chi connectivity index (χ3v) is 3.20. The van der Waals surface area contributed by atoms with Gasteiger partial charge in [-0.25, -0.2) is 4.79 Å². The second-order valence-corrected chi connectivity index (χ2v) is 4.06. The first-order chi connectivity index (χ1) is 7.52. The molecule has 1 heterocycles. The number of carbonyl (C=O) groups is 2. The van der Waals surface area contributed by atoms with E-state index in [4.69, 9.17) is 16.7 Å². The lowest BCUT2D eigenvalue weighted by molar-refractivity contribution is -0.118. The fraction of sp³-hybridized carbons (Fsp3) is 0.273. The van der Waals surface area contributed by atoms with E-state index in [0.717, 1.165) is 5.56 Å².